The fraction of sp³-hybridized carbons (Fsp3) is 0.875. The first-order valence-corrected chi connectivity index (χ1v) is 6.25. The smallest absolute Gasteiger partial charge is 0.280 e. The molecule has 90 valence electrons. The Morgan fingerprint density at radius 3 is 2.07 bits per heavy atom. The number of amidine groups is 1. The molecule has 0 aromatic heterocycles. The zero-order chi connectivity index (χ0) is 12.3. The lowest BCUT2D eigenvalue weighted by Crippen LogP contribution is -2.56. The van der Waals surface area contributed by atoms with E-state index in [1.54, 1.807) is 27.7 Å². The Kier molecular flexibility index (Phi) is 4.69. The van der Waals surface area contributed by atoms with Crippen LogP contribution in [0.4, 0.5) is 0 Å². The van der Waals surface area contributed by atoms with Crippen LogP contribution in [0.1, 0.15) is 27.7 Å². The Morgan fingerprint density at radius 1 is 1.40 bits per heavy atom. The lowest BCUT2D eigenvalue weighted by molar-refractivity contribution is 0.421. The van der Waals surface area contributed by atoms with Crippen LogP contribution in [0.2, 0.25) is 0 Å². The molecule has 7 heteroatoms. The van der Waals surface area contributed by atoms with Crippen LogP contribution < -0.4 is 10.5 Å². The average Bonchev–Trinajstić information content (AvgIpc) is 2.03. The van der Waals surface area contributed by atoms with Crippen LogP contribution in [0.25, 0.3) is 0 Å². The molecule has 0 rings (SSSR count). The van der Waals surface area contributed by atoms with Gasteiger partial charge in [-0.05, 0) is 13.8 Å². The molecule has 0 spiro atoms. The zero-order valence-electron chi connectivity index (χ0n) is 9.66. The molecular formula is C8H20N4O2S. The quantitative estimate of drug-likeness (QED) is 0.442. The predicted octanol–water partition coefficient (Wildman–Crippen LogP) is -0.123. The molecule has 0 atom stereocenters. The SMILES string of the molecule is CCN(CC)S(=O)(=O)NC(C)(C)C(=N)N. The standard InChI is InChI=1S/C8H20N4O2S/c1-5-12(6-2)15(13,14)11-8(3,4)7(9)10/h11H,5-6H2,1-4H3,(H3,9,10). The Labute approximate surface area is 91.5 Å². The number of nitrogens with one attached hydrogen (secondary N) is 2. The molecule has 0 radical (unpaired) electrons. The second-order valence-corrected chi connectivity index (χ2v) is 5.40. The van der Waals surface area contributed by atoms with E-state index in [2.05, 4.69) is 4.72 Å². The minimum absolute atomic E-state index is 0.210. The molecule has 6 nitrogen and oxygen atoms in total. The first-order valence-electron chi connectivity index (χ1n) is 4.81. The molecule has 15 heavy (non-hydrogen) atoms. The third-order valence-electron chi connectivity index (χ3n) is 2.10. The van der Waals surface area contributed by atoms with Crippen molar-refractivity contribution in [1.82, 2.24) is 9.03 Å². The van der Waals surface area contributed by atoms with Gasteiger partial charge in [0.25, 0.3) is 10.2 Å². The van der Waals surface area contributed by atoms with E-state index < -0.39 is 15.7 Å². The van der Waals surface area contributed by atoms with Crippen LogP contribution in [-0.2, 0) is 10.2 Å². The average molecular weight is 236 g/mol. The first kappa shape index (κ1) is 14.3. The maximum Gasteiger partial charge on any atom is 0.280 e. The zero-order valence-corrected chi connectivity index (χ0v) is 10.5. The summed E-state index contributed by atoms with van der Waals surface area (Å²) in [6.07, 6.45) is 0. The van der Waals surface area contributed by atoms with Gasteiger partial charge in [0.05, 0.1) is 5.54 Å². The van der Waals surface area contributed by atoms with Gasteiger partial charge in [-0.15, -0.1) is 0 Å². The molecule has 0 aromatic rings. The van der Waals surface area contributed by atoms with Crippen molar-refractivity contribution < 1.29 is 8.42 Å². The van der Waals surface area contributed by atoms with Crippen molar-refractivity contribution in [2.45, 2.75) is 33.2 Å². The summed E-state index contributed by atoms with van der Waals surface area (Å²) >= 11 is 0. The van der Waals surface area contributed by atoms with E-state index in [1.165, 1.54) is 4.31 Å². The Bertz CT molecular complexity index is 320. The van der Waals surface area contributed by atoms with E-state index in [0.29, 0.717) is 13.1 Å². The second-order valence-electron chi connectivity index (χ2n) is 3.73. The lowest BCUT2D eigenvalue weighted by Gasteiger charge is -2.28. The van der Waals surface area contributed by atoms with Gasteiger partial charge in [-0.2, -0.15) is 17.4 Å². The van der Waals surface area contributed by atoms with Crippen LogP contribution in [0.3, 0.4) is 0 Å². The number of hydrogen-bond donors (Lipinski definition) is 3. The fourth-order valence-corrected chi connectivity index (χ4v) is 2.57. The first-order chi connectivity index (χ1) is 6.67. The normalized spacial score (nSPS) is 13.1. The molecule has 0 aliphatic heterocycles. The number of nitrogens with two attached hydrogens (primary N) is 1. The van der Waals surface area contributed by atoms with Crippen LogP contribution in [-0.4, -0.2) is 37.2 Å². The van der Waals surface area contributed by atoms with E-state index in [4.69, 9.17) is 11.1 Å². The molecular weight excluding hydrogens is 216 g/mol. The monoisotopic (exact) mass is 236 g/mol. The molecule has 0 bridgehead atoms. The highest BCUT2D eigenvalue weighted by Gasteiger charge is 2.30. The van der Waals surface area contributed by atoms with Crippen LogP contribution in [0.15, 0.2) is 0 Å². The molecule has 0 aliphatic carbocycles. The van der Waals surface area contributed by atoms with E-state index in [0.717, 1.165) is 0 Å². The molecule has 0 heterocycles. The predicted molar refractivity (Wildman–Crippen MR) is 61.0 cm³/mol. The summed E-state index contributed by atoms with van der Waals surface area (Å²) in [5.41, 5.74) is 4.24. The summed E-state index contributed by atoms with van der Waals surface area (Å²) in [5.74, 6) is -0.210. The van der Waals surface area contributed by atoms with Gasteiger partial charge in [0.1, 0.15) is 5.84 Å². The highest BCUT2D eigenvalue weighted by molar-refractivity contribution is 7.87. The minimum atomic E-state index is -3.56. The molecule has 0 aliphatic rings. The van der Waals surface area contributed by atoms with Crippen molar-refractivity contribution in [1.29, 1.82) is 5.41 Å². The van der Waals surface area contributed by atoms with Crippen LogP contribution in [0.5, 0.6) is 0 Å². The molecule has 0 fully saturated rings. The fourth-order valence-electron chi connectivity index (χ4n) is 1.01. The molecule has 0 unspecified atom stereocenters. The summed E-state index contributed by atoms with van der Waals surface area (Å²) in [7, 11) is -3.56. The van der Waals surface area contributed by atoms with Gasteiger partial charge in [-0.25, -0.2) is 0 Å². The number of hydrogen-bond acceptors (Lipinski definition) is 3. The van der Waals surface area contributed by atoms with Gasteiger partial charge in [-0.3, -0.25) is 5.41 Å². The van der Waals surface area contributed by atoms with Crippen molar-refractivity contribution >= 4 is 16.0 Å². The van der Waals surface area contributed by atoms with E-state index in [-0.39, 0.29) is 5.84 Å². The van der Waals surface area contributed by atoms with Gasteiger partial charge in [0.2, 0.25) is 0 Å². The van der Waals surface area contributed by atoms with Gasteiger partial charge in [0, 0.05) is 13.1 Å². The van der Waals surface area contributed by atoms with Crippen molar-refractivity contribution in [2.75, 3.05) is 13.1 Å². The Hall–Kier alpha value is -0.660. The summed E-state index contributed by atoms with van der Waals surface area (Å²) in [4.78, 5) is 0. The Morgan fingerprint density at radius 2 is 1.80 bits per heavy atom. The third kappa shape index (κ3) is 3.77. The summed E-state index contributed by atoms with van der Waals surface area (Å²) < 4.78 is 27.2. The van der Waals surface area contributed by atoms with Crippen LogP contribution >= 0.6 is 0 Å². The van der Waals surface area contributed by atoms with Crippen molar-refractivity contribution in [2.24, 2.45) is 5.73 Å². The van der Waals surface area contributed by atoms with Crippen LogP contribution in [0, 0.1) is 5.41 Å². The second kappa shape index (κ2) is 4.91. The maximum absolute atomic E-state index is 11.8. The molecule has 0 aromatic carbocycles. The van der Waals surface area contributed by atoms with E-state index in [1.807, 2.05) is 0 Å². The van der Waals surface area contributed by atoms with Crippen molar-refractivity contribution in [3.05, 3.63) is 0 Å². The number of rotatable bonds is 6. The minimum Gasteiger partial charge on any atom is -0.386 e. The van der Waals surface area contributed by atoms with Gasteiger partial charge in [-0.1, -0.05) is 13.8 Å². The highest BCUT2D eigenvalue weighted by atomic mass is 32.2. The topological polar surface area (TPSA) is 99.3 Å². The third-order valence-corrected chi connectivity index (χ3v) is 4.07. The van der Waals surface area contributed by atoms with E-state index in [9.17, 15) is 8.42 Å². The van der Waals surface area contributed by atoms with Gasteiger partial charge < -0.3 is 5.73 Å². The summed E-state index contributed by atoms with van der Waals surface area (Å²) in [6, 6.07) is 0. The molecule has 4 N–H and O–H groups in total. The molecule has 0 saturated carbocycles. The summed E-state index contributed by atoms with van der Waals surface area (Å²) in [5, 5.41) is 7.26. The van der Waals surface area contributed by atoms with Crippen molar-refractivity contribution in [3.63, 3.8) is 0 Å². The highest BCUT2D eigenvalue weighted by Crippen LogP contribution is 2.06. The largest absolute Gasteiger partial charge is 0.386 e. The lowest BCUT2D eigenvalue weighted by atomic mass is 10.1. The summed E-state index contributed by atoms with van der Waals surface area (Å²) in [6.45, 7) is 7.39. The number of nitrogens with zero attached hydrogens (tertiary/aromatic N) is 1. The molecule has 0 saturated heterocycles. The van der Waals surface area contributed by atoms with Gasteiger partial charge in [0.15, 0.2) is 0 Å². The van der Waals surface area contributed by atoms with Crippen molar-refractivity contribution in [3.8, 4) is 0 Å². The molecule has 0 amide bonds. The van der Waals surface area contributed by atoms with Gasteiger partial charge >= 0.3 is 0 Å². The maximum atomic E-state index is 11.8. The van der Waals surface area contributed by atoms with E-state index >= 15 is 0 Å². The Balaban J connectivity index is 4.86.